The molecule has 2 heteroatoms. The zero-order chi connectivity index (χ0) is 13.5. The van der Waals surface area contributed by atoms with Gasteiger partial charge >= 0.3 is 0 Å². The third-order valence-corrected chi connectivity index (χ3v) is 4.49. The summed E-state index contributed by atoms with van der Waals surface area (Å²) in [5.74, 6) is 3.53. The molecule has 0 fully saturated rings. The molecule has 19 heavy (non-hydrogen) atoms. The van der Waals surface area contributed by atoms with Crippen molar-refractivity contribution in [2.24, 2.45) is 11.8 Å². The van der Waals surface area contributed by atoms with Crippen LogP contribution in [0.4, 0.5) is 0 Å². The highest BCUT2D eigenvalue weighted by atomic mass is 16.6. The van der Waals surface area contributed by atoms with Crippen LogP contribution in [0.1, 0.15) is 71.6 Å². The first-order valence-corrected chi connectivity index (χ1v) is 8.32. The second kappa shape index (κ2) is 7.81. The Bertz CT molecular complexity index is 296. The standard InChI is InChI=1S/C17H30O2/c1-3-9-15-11-8-6-4-5-7-10-14(2)16-17(15)19-13-12-18-16/h14-15H,3-13H2,1-2H3. The number of hydrogen-bond acceptors (Lipinski definition) is 2. The SMILES string of the molecule is CCCC1CCCCCCCC(C)C2=C1OCCO2. The van der Waals surface area contributed by atoms with Crippen molar-refractivity contribution in [1.82, 2.24) is 0 Å². The molecule has 0 aromatic heterocycles. The van der Waals surface area contributed by atoms with Crippen molar-refractivity contribution < 1.29 is 9.47 Å². The Labute approximate surface area is 118 Å². The van der Waals surface area contributed by atoms with Gasteiger partial charge < -0.3 is 9.47 Å². The first-order valence-electron chi connectivity index (χ1n) is 8.32. The Morgan fingerprint density at radius 1 is 0.895 bits per heavy atom. The van der Waals surface area contributed by atoms with Crippen LogP contribution >= 0.6 is 0 Å². The molecule has 1 aliphatic heterocycles. The van der Waals surface area contributed by atoms with E-state index in [0.29, 0.717) is 11.8 Å². The molecule has 0 saturated carbocycles. The van der Waals surface area contributed by atoms with Gasteiger partial charge in [-0.05, 0) is 19.3 Å². The van der Waals surface area contributed by atoms with E-state index < -0.39 is 0 Å². The lowest BCUT2D eigenvalue weighted by molar-refractivity contribution is 0.0278. The molecular formula is C17H30O2. The van der Waals surface area contributed by atoms with E-state index in [1.807, 2.05) is 0 Å². The quantitative estimate of drug-likeness (QED) is 0.697. The van der Waals surface area contributed by atoms with E-state index >= 15 is 0 Å². The summed E-state index contributed by atoms with van der Waals surface area (Å²) in [6.07, 6.45) is 11.9. The number of hydrogen-bond donors (Lipinski definition) is 0. The van der Waals surface area contributed by atoms with E-state index in [1.165, 1.54) is 69.3 Å². The van der Waals surface area contributed by atoms with Crippen molar-refractivity contribution >= 4 is 0 Å². The average molecular weight is 266 g/mol. The fourth-order valence-corrected chi connectivity index (χ4v) is 3.41. The largest absolute Gasteiger partial charge is 0.491 e. The van der Waals surface area contributed by atoms with E-state index in [0.717, 1.165) is 13.2 Å². The molecule has 1 aliphatic carbocycles. The number of rotatable bonds is 2. The van der Waals surface area contributed by atoms with Gasteiger partial charge in [0.15, 0.2) is 0 Å². The maximum Gasteiger partial charge on any atom is 0.137 e. The Kier molecular flexibility index (Phi) is 6.06. The summed E-state index contributed by atoms with van der Waals surface area (Å²) in [5.41, 5.74) is 0. The fraction of sp³-hybridized carbons (Fsp3) is 0.882. The van der Waals surface area contributed by atoms with Crippen molar-refractivity contribution in [2.75, 3.05) is 13.2 Å². The Morgan fingerprint density at radius 3 is 2.26 bits per heavy atom. The molecule has 0 aromatic rings. The second-order valence-electron chi connectivity index (χ2n) is 6.16. The smallest absolute Gasteiger partial charge is 0.137 e. The van der Waals surface area contributed by atoms with Crippen LogP contribution in [0.5, 0.6) is 0 Å². The normalized spacial score (nSPS) is 29.8. The molecule has 0 bridgehead atoms. The van der Waals surface area contributed by atoms with Crippen LogP contribution in [0.25, 0.3) is 0 Å². The van der Waals surface area contributed by atoms with Gasteiger partial charge in [0.05, 0.1) is 0 Å². The molecular weight excluding hydrogens is 236 g/mol. The lowest BCUT2D eigenvalue weighted by atomic mass is 9.91. The molecule has 1 heterocycles. The van der Waals surface area contributed by atoms with Gasteiger partial charge in [-0.25, -0.2) is 0 Å². The molecule has 2 aliphatic rings. The number of ether oxygens (including phenoxy) is 2. The Morgan fingerprint density at radius 2 is 1.53 bits per heavy atom. The van der Waals surface area contributed by atoms with Crippen LogP contribution in [0.3, 0.4) is 0 Å². The van der Waals surface area contributed by atoms with Crippen molar-refractivity contribution in [3.63, 3.8) is 0 Å². The highest BCUT2D eigenvalue weighted by Gasteiger charge is 2.27. The first-order chi connectivity index (χ1) is 9.33. The van der Waals surface area contributed by atoms with Crippen LogP contribution in [-0.4, -0.2) is 13.2 Å². The Balaban J connectivity index is 2.18. The minimum atomic E-state index is 0.535. The summed E-state index contributed by atoms with van der Waals surface area (Å²) in [7, 11) is 0. The van der Waals surface area contributed by atoms with E-state index in [1.54, 1.807) is 0 Å². The zero-order valence-corrected chi connectivity index (χ0v) is 12.7. The van der Waals surface area contributed by atoms with Crippen LogP contribution in [0.15, 0.2) is 11.5 Å². The van der Waals surface area contributed by atoms with Gasteiger partial charge in [-0.15, -0.1) is 0 Å². The third kappa shape index (κ3) is 4.15. The summed E-state index contributed by atoms with van der Waals surface area (Å²) in [5, 5.41) is 0. The molecule has 0 spiro atoms. The molecule has 2 nitrogen and oxygen atoms in total. The Hall–Kier alpha value is -0.660. The van der Waals surface area contributed by atoms with Gasteiger partial charge in [0, 0.05) is 11.8 Å². The van der Waals surface area contributed by atoms with Crippen molar-refractivity contribution in [2.45, 2.75) is 71.6 Å². The molecule has 0 saturated heterocycles. The van der Waals surface area contributed by atoms with Gasteiger partial charge in [0.2, 0.25) is 0 Å². The molecule has 0 radical (unpaired) electrons. The minimum absolute atomic E-state index is 0.535. The molecule has 0 aromatic carbocycles. The van der Waals surface area contributed by atoms with Gasteiger partial charge in [-0.2, -0.15) is 0 Å². The van der Waals surface area contributed by atoms with E-state index in [-0.39, 0.29) is 0 Å². The fourth-order valence-electron chi connectivity index (χ4n) is 3.41. The molecule has 110 valence electrons. The predicted molar refractivity (Wildman–Crippen MR) is 78.8 cm³/mol. The topological polar surface area (TPSA) is 18.5 Å². The summed E-state index contributed by atoms with van der Waals surface area (Å²) < 4.78 is 12.0. The molecule has 0 N–H and O–H groups in total. The van der Waals surface area contributed by atoms with Crippen molar-refractivity contribution in [1.29, 1.82) is 0 Å². The molecule has 0 amide bonds. The van der Waals surface area contributed by atoms with Gasteiger partial charge in [0.25, 0.3) is 0 Å². The van der Waals surface area contributed by atoms with Crippen molar-refractivity contribution in [3.05, 3.63) is 11.5 Å². The average Bonchev–Trinajstić information content (AvgIpc) is 2.47. The van der Waals surface area contributed by atoms with Gasteiger partial charge in [0.1, 0.15) is 24.7 Å². The second-order valence-corrected chi connectivity index (χ2v) is 6.16. The molecule has 2 atom stereocenters. The molecule has 2 rings (SSSR count). The maximum absolute atomic E-state index is 6.04. The molecule has 2 unspecified atom stereocenters. The lowest BCUT2D eigenvalue weighted by Gasteiger charge is -2.30. The maximum atomic E-state index is 6.04. The van der Waals surface area contributed by atoms with Crippen molar-refractivity contribution in [3.8, 4) is 0 Å². The van der Waals surface area contributed by atoms with E-state index in [2.05, 4.69) is 13.8 Å². The summed E-state index contributed by atoms with van der Waals surface area (Å²) in [4.78, 5) is 0. The monoisotopic (exact) mass is 266 g/mol. The van der Waals surface area contributed by atoms with E-state index in [9.17, 15) is 0 Å². The predicted octanol–water partition coefficient (Wildman–Crippen LogP) is 5.04. The minimum Gasteiger partial charge on any atom is -0.491 e. The summed E-state index contributed by atoms with van der Waals surface area (Å²) in [6.45, 7) is 6.07. The van der Waals surface area contributed by atoms with Gasteiger partial charge in [-0.3, -0.25) is 0 Å². The summed E-state index contributed by atoms with van der Waals surface area (Å²) >= 11 is 0. The third-order valence-electron chi connectivity index (χ3n) is 4.49. The number of allylic oxidation sites excluding steroid dienone is 2. The zero-order valence-electron chi connectivity index (χ0n) is 12.7. The lowest BCUT2D eigenvalue weighted by Crippen LogP contribution is -2.23. The summed E-state index contributed by atoms with van der Waals surface area (Å²) in [6, 6.07) is 0. The van der Waals surface area contributed by atoms with Crippen LogP contribution in [-0.2, 0) is 9.47 Å². The highest BCUT2D eigenvalue weighted by molar-refractivity contribution is 5.10. The van der Waals surface area contributed by atoms with Crippen LogP contribution in [0, 0.1) is 11.8 Å². The first kappa shape index (κ1) is 14.7. The van der Waals surface area contributed by atoms with Crippen LogP contribution < -0.4 is 0 Å². The van der Waals surface area contributed by atoms with E-state index in [4.69, 9.17) is 9.47 Å². The highest BCUT2D eigenvalue weighted by Crippen LogP contribution is 2.35. The van der Waals surface area contributed by atoms with Gasteiger partial charge in [-0.1, -0.05) is 52.4 Å². The van der Waals surface area contributed by atoms with Crippen LogP contribution in [0.2, 0.25) is 0 Å².